The standard InChI is InChI=1S/C13H18F2N2O/c1-3-16-9(2)6-13(18)17-8-10-4-5-11(14)7-12(10)15/h4-5,7,9,16H,3,6,8H2,1-2H3,(H,17,18). The maximum absolute atomic E-state index is 13.3. The van der Waals surface area contributed by atoms with Gasteiger partial charge in [0.25, 0.3) is 0 Å². The van der Waals surface area contributed by atoms with Crippen LogP contribution >= 0.6 is 0 Å². The number of carbonyl (C=O) groups excluding carboxylic acids is 1. The van der Waals surface area contributed by atoms with E-state index in [1.807, 2.05) is 13.8 Å². The summed E-state index contributed by atoms with van der Waals surface area (Å²) in [5.74, 6) is -1.43. The Morgan fingerprint density at radius 2 is 2.11 bits per heavy atom. The van der Waals surface area contributed by atoms with Crippen molar-refractivity contribution in [3.8, 4) is 0 Å². The second-order valence-electron chi connectivity index (χ2n) is 4.18. The van der Waals surface area contributed by atoms with E-state index in [-0.39, 0.29) is 24.1 Å². The van der Waals surface area contributed by atoms with Gasteiger partial charge in [-0.2, -0.15) is 0 Å². The first kappa shape index (κ1) is 14.6. The Kier molecular flexibility index (Phi) is 5.71. The van der Waals surface area contributed by atoms with E-state index >= 15 is 0 Å². The molecule has 0 saturated heterocycles. The van der Waals surface area contributed by atoms with Gasteiger partial charge in [0.05, 0.1) is 0 Å². The van der Waals surface area contributed by atoms with E-state index in [0.29, 0.717) is 6.42 Å². The summed E-state index contributed by atoms with van der Waals surface area (Å²) in [6.45, 7) is 4.73. The molecule has 0 aliphatic rings. The highest BCUT2D eigenvalue weighted by Crippen LogP contribution is 2.09. The number of halogens is 2. The van der Waals surface area contributed by atoms with Crippen molar-refractivity contribution in [1.29, 1.82) is 0 Å². The van der Waals surface area contributed by atoms with E-state index in [0.717, 1.165) is 12.6 Å². The normalized spacial score (nSPS) is 12.2. The Bertz CT molecular complexity index is 410. The van der Waals surface area contributed by atoms with Gasteiger partial charge in [0, 0.05) is 30.6 Å². The largest absolute Gasteiger partial charge is 0.352 e. The molecule has 100 valence electrons. The lowest BCUT2D eigenvalue weighted by molar-refractivity contribution is -0.121. The van der Waals surface area contributed by atoms with Gasteiger partial charge in [-0.3, -0.25) is 4.79 Å². The number of benzene rings is 1. The first-order chi connectivity index (χ1) is 8.52. The van der Waals surface area contributed by atoms with E-state index in [1.54, 1.807) is 0 Å². The van der Waals surface area contributed by atoms with Crippen LogP contribution < -0.4 is 10.6 Å². The number of amides is 1. The minimum absolute atomic E-state index is 0.0732. The molecular weight excluding hydrogens is 238 g/mol. The fourth-order valence-corrected chi connectivity index (χ4v) is 1.63. The summed E-state index contributed by atoms with van der Waals surface area (Å²) in [6.07, 6.45) is 0.330. The summed E-state index contributed by atoms with van der Waals surface area (Å²) in [4.78, 5) is 11.5. The Balaban J connectivity index is 2.42. The second-order valence-corrected chi connectivity index (χ2v) is 4.18. The molecule has 1 amide bonds. The van der Waals surface area contributed by atoms with Crippen LogP contribution in [0.4, 0.5) is 8.78 Å². The fraction of sp³-hybridized carbons (Fsp3) is 0.462. The summed E-state index contributed by atoms with van der Waals surface area (Å²) in [7, 11) is 0. The summed E-state index contributed by atoms with van der Waals surface area (Å²) in [5, 5.41) is 5.72. The zero-order valence-electron chi connectivity index (χ0n) is 10.6. The number of rotatable bonds is 6. The lowest BCUT2D eigenvalue weighted by atomic mass is 10.2. The fourth-order valence-electron chi connectivity index (χ4n) is 1.63. The van der Waals surface area contributed by atoms with Crippen molar-refractivity contribution in [3.05, 3.63) is 35.4 Å². The maximum Gasteiger partial charge on any atom is 0.221 e. The van der Waals surface area contributed by atoms with Crippen LogP contribution in [0.2, 0.25) is 0 Å². The van der Waals surface area contributed by atoms with Crippen LogP contribution in [0.3, 0.4) is 0 Å². The van der Waals surface area contributed by atoms with Crippen molar-refractivity contribution in [2.24, 2.45) is 0 Å². The van der Waals surface area contributed by atoms with Crippen molar-refractivity contribution in [1.82, 2.24) is 10.6 Å². The topological polar surface area (TPSA) is 41.1 Å². The molecule has 0 saturated carbocycles. The predicted octanol–water partition coefficient (Wildman–Crippen LogP) is 1.97. The van der Waals surface area contributed by atoms with Crippen LogP contribution in [0.15, 0.2) is 18.2 Å². The van der Waals surface area contributed by atoms with Crippen LogP contribution in [0.1, 0.15) is 25.8 Å². The van der Waals surface area contributed by atoms with E-state index < -0.39 is 11.6 Å². The Morgan fingerprint density at radius 1 is 1.39 bits per heavy atom. The van der Waals surface area contributed by atoms with Crippen LogP contribution in [0, 0.1) is 11.6 Å². The molecule has 1 atom stereocenters. The first-order valence-corrected chi connectivity index (χ1v) is 5.97. The molecule has 0 heterocycles. The van der Waals surface area contributed by atoms with Gasteiger partial charge >= 0.3 is 0 Å². The van der Waals surface area contributed by atoms with Gasteiger partial charge in [-0.1, -0.05) is 13.0 Å². The number of hydrogen-bond acceptors (Lipinski definition) is 2. The molecule has 2 N–H and O–H groups in total. The highest BCUT2D eigenvalue weighted by Gasteiger charge is 2.09. The first-order valence-electron chi connectivity index (χ1n) is 5.97. The summed E-state index contributed by atoms with van der Waals surface area (Å²) in [6, 6.07) is 3.39. The minimum Gasteiger partial charge on any atom is -0.352 e. The van der Waals surface area contributed by atoms with Gasteiger partial charge in [0.1, 0.15) is 11.6 Å². The Hall–Kier alpha value is -1.49. The van der Waals surface area contributed by atoms with Crippen molar-refractivity contribution in [3.63, 3.8) is 0 Å². The van der Waals surface area contributed by atoms with Crippen LogP contribution in [-0.4, -0.2) is 18.5 Å². The smallest absolute Gasteiger partial charge is 0.221 e. The van der Waals surface area contributed by atoms with E-state index in [2.05, 4.69) is 10.6 Å². The van der Waals surface area contributed by atoms with Crippen molar-refractivity contribution < 1.29 is 13.6 Å². The van der Waals surface area contributed by atoms with E-state index in [1.165, 1.54) is 12.1 Å². The molecule has 3 nitrogen and oxygen atoms in total. The van der Waals surface area contributed by atoms with Crippen LogP contribution in [0.5, 0.6) is 0 Å². The van der Waals surface area contributed by atoms with Crippen LogP contribution in [0.25, 0.3) is 0 Å². The number of nitrogens with one attached hydrogen (secondary N) is 2. The minimum atomic E-state index is -0.643. The van der Waals surface area contributed by atoms with Gasteiger partial charge in [-0.25, -0.2) is 8.78 Å². The summed E-state index contributed by atoms with van der Waals surface area (Å²) >= 11 is 0. The molecule has 0 bridgehead atoms. The summed E-state index contributed by atoms with van der Waals surface area (Å²) < 4.78 is 25.9. The predicted molar refractivity (Wildman–Crippen MR) is 66.0 cm³/mol. The third-order valence-electron chi connectivity index (χ3n) is 2.54. The molecule has 0 aliphatic heterocycles. The van der Waals surface area contributed by atoms with Crippen molar-refractivity contribution in [2.75, 3.05) is 6.54 Å². The molecule has 0 spiro atoms. The van der Waals surface area contributed by atoms with E-state index in [4.69, 9.17) is 0 Å². The molecule has 0 aromatic heterocycles. The monoisotopic (exact) mass is 256 g/mol. The van der Waals surface area contributed by atoms with Gasteiger partial charge in [-0.15, -0.1) is 0 Å². The lowest BCUT2D eigenvalue weighted by Crippen LogP contribution is -2.33. The van der Waals surface area contributed by atoms with Crippen molar-refractivity contribution >= 4 is 5.91 Å². The molecular formula is C13H18F2N2O. The SMILES string of the molecule is CCNC(C)CC(=O)NCc1ccc(F)cc1F. The number of carbonyl (C=O) groups is 1. The zero-order valence-corrected chi connectivity index (χ0v) is 10.6. The molecule has 18 heavy (non-hydrogen) atoms. The molecule has 1 rings (SSSR count). The quantitative estimate of drug-likeness (QED) is 0.817. The maximum atomic E-state index is 13.3. The highest BCUT2D eigenvalue weighted by molar-refractivity contribution is 5.76. The lowest BCUT2D eigenvalue weighted by Gasteiger charge is -2.12. The molecule has 0 fully saturated rings. The summed E-state index contributed by atoms with van der Waals surface area (Å²) in [5.41, 5.74) is 0.279. The average molecular weight is 256 g/mol. The Morgan fingerprint density at radius 3 is 2.72 bits per heavy atom. The molecule has 1 aromatic rings. The molecule has 0 radical (unpaired) electrons. The highest BCUT2D eigenvalue weighted by atomic mass is 19.1. The average Bonchev–Trinajstić information content (AvgIpc) is 2.28. The van der Waals surface area contributed by atoms with Gasteiger partial charge < -0.3 is 10.6 Å². The van der Waals surface area contributed by atoms with Crippen LogP contribution in [-0.2, 0) is 11.3 Å². The van der Waals surface area contributed by atoms with E-state index in [9.17, 15) is 13.6 Å². The third-order valence-corrected chi connectivity index (χ3v) is 2.54. The van der Waals surface area contributed by atoms with Gasteiger partial charge in [0.2, 0.25) is 5.91 Å². The Labute approximate surface area is 106 Å². The zero-order chi connectivity index (χ0) is 13.5. The second kappa shape index (κ2) is 7.06. The van der Waals surface area contributed by atoms with Crippen molar-refractivity contribution in [2.45, 2.75) is 32.9 Å². The van der Waals surface area contributed by atoms with Gasteiger partial charge in [0.15, 0.2) is 0 Å². The molecule has 1 aromatic carbocycles. The molecule has 0 aliphatic carbocycles. The molecule has 1 unspecified atom stereocenters. The third kappa shape index (κ3) is 4.79. The number of hydrogen-bond donors (Lipinski definition) is 2. The van der Waals surface area contributed by atoms with Gasteiger partial charge in [-0.05, 0) is 19.5 Å². The molecule has 5 heteroatoms.